The lowest BCUT2D eigenvalue weighted by Crippen LogP contribution is -2.06. The molecule has 0 bridgehead atoms. The van der Waals surface area contributed by atoms with Crippen LogP contribution in [0.4, 0.5) is 5.82 Å². The molecule has 2 aromatic heterocycles. The van der Waals surface area contributed by atoms with Gasteiger partial charge in [-0.15, -0.1) is 0 Å². The molecule has 96 valence electrons. The van der Waals surface area contributed by atoms with Crippen molar-refractivity contribution >= 4 is 32.7 Å². The summed E-state index contributed by atoms with van der Waals surface area (Å²) in [6.45, 7) is -0.0000500. The first-order valence-corrected chi connectivity index (χ1v) is 6.34. The topological polar surface area (TPSA) is 89.9 Å². The van der Waals surface area contributed by atoms with Crippen molar-refractivity contribution in [3.8, 4) is 5.82 Å². The van der Waals surface area contributed by atoms with Crippen molar-refractivity contribution in [2.45, 2.75) is 6.61 Å². The number of rotatable bonds is 2. The highest BCUT2D eigenvalue weighted by Crippen LogP contribution is 2.22. The zero-order valence-electron chi connectivity index (χ0n) is 9.79. The number of nitrogen functional groups attached to an aromatic ring is 1. The highest BCUT2D eigenvalue weighted by molar-refractivity contribution is 9.10. The Morgan fingerprint density at radius 2 is 2.16 bits per heavy atom. The molecule has 0 atom stereocenters. The van der Waals surface area contributed by atoms with E-state index in [9.17, 15) is 0 Å². The Balaban J connectivity index is 2.23. The summed E-state index contributed by atoms with van der Waals surface area (Å²) in [7, 11) is 0. The number of aromatic nitrogens is 4. The van der Waals surface area contributed by atoms with Gasteiger partial charge in [-0.2, -0.15) is 5.10 Å². The molecule has 3 N–H and O–H groups in total. The predicted molar refractivity (Wildman–Crippen MR) is 74.7 cm³/mol. The number of benzene rings is 1. The highest BCUT2D eigenvalue weighted by atomic mass is 79.9. The van der Waals surface area contributed by atoms with E-state index < -0.39 is 0 Å². The van der Waals surface area contributed by atoms with Crippen LogP contribution < -0.4 is 5.73 Å². The maximum Gasteiger partial charge on any atom is 0.198 e. The molecule has 3 rings (SSSR count). The molecule has 0 radical (unpaired) electrons. The minimum Gasteiger partial charge on any atom is -0.392 e. The first-order valence-electron chi connectivity index (χ1n) is 5.55. The van der Waals surface area contributed by atoms with Crippen LogP contribution in [0.3, 0.4) is 0 Å². The molecule has 0 aliphatic rings. The van der Waals surface area contributed by atoms with Crippen molar-refractivity contribution in [2.24, 2.45) is 0 Å². The van der Waals surface area contributed by atoms with Gasteiger partial charge in [0.15, 0.2) is 11.6 Å². The second kappa shape index (κ2) is 4.60. The number of hydrogen-bond acceptors (Lipinski definition) is 5. The van der Waals surface area contributed by atoms with Crippen LogP contribution in [0.5, 0.6) is 0 Å². The SMILES string of the molecule is Nc1ncc(Br)nc1-n1ncc2cc(CO)ccc21. The van der Waals surface area contributed by atoms with E-state index in [4.69, 9.17) is 10.8 Å². The van der Waals surface area contributed by atoms with Crippen molar-refractivity contribution in [1.82, 2.24) is 19.7 Å². The van der Waals surface area contributed by atoms with Crippen LogP contribution in [0.1, 0.15) is 5.56 Å². The van der Waals surface area contributed by atoms with Gasteiger partial charge in [-0.05, 0) is 33.6 Å². The van der Waals surface area contributed by atoms with Crippen LogP contribution in [0, 0.1) is 0 Å². The maximum atomic E-state index is 9.13. The number of nitrogens with two attached hydrogens (primary N) is 1. The Morgan fingerprint density at radius 3 is 2.95 bits per heavy atom. The smallest absolute Gasteiger partial charge is 0.198 e. The molecule has 3 aromatic rings. The Morgan fingerprint density at radius 1 is 1.32 bits per heavy atom. The van der Waals surface area contributed by atoms with Gasteiger partial charge in [0.1, 0.15) is 4.60 Å². The molecule has 0 fully saturated rings. The van der Waals surface area contributed by atoms with E-state index in [1.807, 2.05) is 18.2 Å². The van der Waals surface area contributed by atoms with Gasteiger partial charge in [0, 0.05) is 5.39 Å². The monoisotopic (exact) mass is 319 g/mol. The van der Waals surface area contributed by atoms with E-state index in [-0.39, 0.29) is 6.61 Å². The summed E-state index contributed by atoms with van der Waals surface area (Å²) in [5, 5.41) is 14.3. The standard InChI is InChI=1S/C12H10BrN5O/c13-10-5-15-11(14)12(17-10)18-9-2-1-7(6-19)3-8(9)4-16-18/h1-5,19H,6H2,(H2,14,15). The molecule has 0 amide bonds. The Hall–Kier alpha value is -1.99. The Bertz CT molecular complexity index is 755. The van der Waals surface area contributed by atoms with E-state index in [1.54, 1.807) is 10.9 Å². The van der Waals surface area contributed by atoms with Crippen molar-refractivity contribution in [2.75, 3.05) is 5.73 Å². The summed E-state index contributed by atoms with van der Waals surface area (Å²) in [4.78, 5) is 8.33. The fraction of sp³-hybridized carbons (Fsp3) is 0.0833. The maximum absolute atomic E-state index is 9.13. The molecule has 0 unspecified atom stereocenters. The van der Waals surface area contributed by atoms with Gasteiger partial charge in [-0.1, -0.05) is 6.07 Å². The van der Waals surface area contributed by atoms with E-state index in [1.165, 1.54) is 6.20 Å². The molecule has 0 aliphatic carbocycles. The number of halogens is 1. The van der Waals surface area contributed by atoms with Crippen LogP contribution in [0.25, 0.3) is 16.7 Å². The lowest BCUT2D eigenvalue weighted by atomic mass is 10.2. The van der Waals surface area contributed by atoms with Crippen LogP contribution in [-0.2, 0) is 6.61 Å². The number of anilines is 1. The van der Waals surface area contributed by atoms with Crippen LogP contribution in [-0.4, -0.2) is 24.9 Å². The molecule has 2 heterocycles. The fourth-order valence-electron chi connectivity index (χ4n) is 1.87. The van der Waals surface area contributed by atoms with Crippen molar-refractivity contribution < 1.29 is 5.11 Å². The summed E-state index contributed by atoms with van der Waals surface area (Å²) >= 11 is 3.27. The van der Waals surface area contributed by atoms with E-state index in [0.29, 0.717) is 16.2 Å². The molecule has 1 aromatic carbocycles. The van der Waals surface area contributed by atoms with Gasteiger partial charge < -0.3 is 10.8 Å². The van der Waals surface area contributed by atoms with E-state index in [2.05, 4.69) is 31.0 Å². The number of nitrogens with zero attached hydrogens (tertiary/aromatic N) is 4. The largest absolute Gasteiger partial charge is 0.392 e. The summed E-state index contributed by atoms with van der Waals surface area (Å²) in [6.07, 6.45) is 3.24. The third-order valence-electron chi connectivity index (χ3n) is 2.77. The van der Waals surface area contributed by atoms with Gasteiger partial charge in [-0.25, -0.2) is 14.6 Å². The lowest BCUT2D eigenvalue weighted by Gasteiger charge is -2.05. The first-order chi connectivity index (χ1) is 9.19. The second-order valence-electron chi connectivity index (χ2n) is 4.01. The molecule has 0 aliphatic heterocycles. The Labute approximate surface area is 117 Å². The lowest BCUT2D eigenvalue weighted by molar-refractivity contribution is 0.282. The van der Waals surface area contributed by atoms with Crippen molar-refractivity contribution in [1.29, 1.82) is 0 Å². The summed E-state index contributed by atoms with van der Waals surface area (Å²) < 4.78 is 2.22. The minimum atomic E-state index is -0.0000500. The molecule has 0 spiro atoms. The van der Waals surface area contributed by atoms with Gasteiger partial charge in [0.25, 0.3) is 0 Å². The number of fused-ring (bicyclic) bond motifs is 1. The quantitative estimate of drug-likeness (QED) is 0.749. The van der Waals surface area contributed by atoms with Gasteiger partial charge >= 0.3 is 0 Å². The van der Waals surface area contributed by atoms with Crippen LogP contribution in [0.15, 0.2) is 35.2 Å². The molecule has 6 nitrogen and oxygen atoms in total. The summed E-state index contributed by atoms with van der Waals surface area (Å²) in [6, 6.07) is 5.58. The third-order valence-corrected chi connectivity index (χ3v) is 3.15. The van der Waals surface area contributed by atoms with E-state index >= 15 is 0 Å². The Kier molecular flexibility index (Phi) is 2.92. The number of aliphatic hydroxyl groups excluding tert-OH is 1. The van der Waals surface area contributed by atoms with Gasteiger partial charge in [0.2, 0.25) is 0 Å². The average Bonchev–Trinajstić information content (AvgIpc) is 2.84. The summed E-state index contributed by atoms with van der Waals surface area (Å²) in [5.41, 5.74) is 7.52. The van der Waals surface area contributed by atoms with Crippen molar-refractivity contribution in [3.63, 3.8) is 0 Å². The third kappa shape index (κ3) is 2.06. The molecule has 0 saturated carbocycles. The molecule has 0 saturated heterocycles. The van der Waals surface area contributed by atoms with Crippen LogP contribution in [0.2, 0.25) is 0 Å². The van der Waals surface area contributed by atoms with Crippen molar-refractivity contribution in [3.05, 3.63) is 40.8 Å². The molecular formula is C12H10BrN5O. The van der Waals surface area contributed by atoms with Gasteiger partial charge in [-0.3, -0.25) is 0 Å². The average molecular weight is 320 g/mol. The minimum absolute atomic E-state index is 0.0000500. The number of hydrogen-bond donors (Lipinski definition) is 2. The molecule has 7 heteroatoms. The second-order valence-corrected chi connectivity index (χ2v) is 4.82. The zero-order chi connectivity index (χ0) is 13.4. The number of aliphatic hydroxyl groups is 1. The normalized spacial score (nSPS) is 11.1. The predicted octanol–water partition coefficient (Wildman–Crippen LogP) is 1.65. The highest BCUT2D eigenvalue weighted by Gasteiger charge is 2.11. The summed E-state index contributed by atoms with van der Waals surface area (Å²) in [5.74, 6) is 0.778. The molecule has 19 heavy (non-hydrogen) atoms. The van der Waals surface area contributed by atoms with Crippen LogP contribution >= 0.6 is 15.9 Å². The fourth-order valence-corrected chi connectivity index (χ4v) is 2.14. The first kappa shape index (κ1) is 12.1. The van der Waals surface area contributed by atoms with E-state index in [0.717, 1.165) is 16.5 Å². The van der Waals surface area contributed by atoms with Gasteiger partial charge in [0.05, 0.1) is 24.5 Å². The zero-order valence-corrected chi connectivity index (χ0v) is 11.4. The molecular weight excluding hydrogens is 310 g/mol.